The number of carbonyl (C=O) groups is 1. The Morgan fingerprint density at radius 2 is 1.88 bits per heavy atom. The van der Waals surface area contributed by atoms with Gasteiger partial charge in [0, 0.05) is 90.4 Å². The second kappa shape index (κ2) is 17.1. The quantitative estimate of drug-likeness (QED) is 0.0700. The highest BCUT2D eigenvalue weighted by Gasteiger charge is 2.32. The van der Waals surface area contributed by atoms with Crippen molar-refractivity contribution in [2.75, 3.05) is 55.3 Å². The molecule has 3 aromatic carbocycles. The van der Waals surface area contributed by atoms with Crippen LogP contribution in [0.4, 0.5) is 17.1 Å². The van der Waals surface area contributed by atoms with Crippen LogP contribution in [0, 0.1) is 15.5 Å². The molecule has 2 aliphatic heterocycles. The summed E-state index contributed by atoms with van der Waals surface area (Å²) in [5.41, 5.74) is 5.46. The van der Waals surface area contributed by atoms with Crippen molar-refractivity contribution in [3.05, 3.63) is 111 Å². The molecule has 4 heterocycles. The number of fused-ring (bicyclic) bond motifs is 2. The van der Waals surface area contributed by atoms with Crippen molar-refractivity contribution >= 4 is 73.0 Å². The maximum Gasteiger partial charge on any atom is 0.294 e. The number of aliphatic hydroxyl groups excluding tert-OH is 1. The van der Waals surface area contributed by atoms with Gasteiger partial charge in [0.2, 0.25) is 0 Å². The van der Waals surface area contributed by atoms with Crippen LogP contribution in [-0.2, 0) is 10.0 Å². The predicted molar refractivity (Wildman–Crippen MR) is 235 cm³/mol. The topological polar surface area (TPSA) is 183 Å². The molecule has 1 fully saturated rings. The number of carbonyl (C=O) groups excluding carboxylic acids is 1. The van der Waals surface area contributed by atoms with Gasteiger partial charge in [-0.15, -0.1) is 11.8 Å². The van der Waals surface area contributed by atoms with Gasteiger partial charge in [-0.1, -0.05) is 43.2 Å². The van der Waals surface area contributed by atoms with E-state index in [1.807, 2.05) is 18.2 Å². The van der Waals surface area contributed by atoms with E-state index >= 15 is 0 Å². The van der Waals surface area contributed by atoms with E-state index in [-0.39, 0.29) is 35.1 Å². The number of aromatic nitrogens is 2. The molecule has 4 N–H and O–H groups in total. The fourth-order valence-corrected chi connectivity index (χ4v) is 10.5. The largest absolute Gasteiger partial charge is 0.455 e. The number of aromatic amines is 1. The number of H-pyrrole nitrogens is 1. The highest BCUT2D eigenvalue weighted by Crippen LogP contribution is 2.44. The summed E-state index contributed by atoms with van der Waals surface area (Å²) in [5, 5.41) is 26.0. The lowest BCUT2D eigenvalue weighted by molar-refractivity contribution is -0.384. The van der Waals surface area contributed by atoms with Gasteiger partial charge in [0.05, 0.1) is 21.6 Å². The third kappa shape index (κ3) is 9.12. The van der Waals surface area contributed by atoms with E-state index in [4.69, 9.17) is 16.3 Å². The van der Waals surface area contributed by atoms with Gasteiger partial charge in [-0.25, -0.2) is 18.1 Å². The van der Waals surface area contributed by atoms with Crippen LogP contribution >= 0.6 is 23.4 Å². The summed E-state index contributed by atoms with van der Waals surface area (Å²) in [6.45, 7) is 8.50. The maximum atomic E-state index is 13.9. The molecule has 0 bridgehead atoms. The van der Waals surface area contributed by atoms with Gasteiger partial charge >= 0.3 is 0 Å². The van der Waals surface area contributed by atoms with Gasteiger partial charge in [0.1, 0.15) is 22.8 Å². The number of rotatable bonds is 12. The summed E-state index contributed by atoms with van der Waals surface area (Å²) in [6.07, 6.45) is 6.83. The van der Waals surface area contributed by atoms with Gasteiger partial charge in [-0.3, -0.25) is 19.8 Å². The number of ether oxygens (including phenoxy) is 1. The summed E-state index contributed by atoms with van der Waals surface area (Å²) in [6, 6.07) is 18.8. The second-order valence-corrected chi connectivity index (χ2v) is 19.4. The fourth-order valence-electron chi connectivity index (χ4n) is 8.10. The molecule has 60 heavy (non-hydrogen) atoms. The number of amides is 1. The Kier molecular flexibility index (Phi) is 11.8. The van der Waals surface area contributed by atoms with Crippen LogP contribution in [0.25, 0.3) is 16.6 Å². The molecule has 1 saturated heterocycles. The number of nitro groups is 1. The number of allylic oxidation sites excluding steroid dienone is 1. The van der Waals surface area contributed by atoms with E-state index in [1.54, 1.807) is 24.4 Å². The summed E-state index contributed by atoms with van der Waals surface area (Å²) in [7, 11) is -4.59. The molecule has 0 radical (unpaired) electrons. The number of nitrogens with zero attached hydrogens (tertiary/aromatic N) is 4. The molecule has 3 aliphatic rings. The summed E-state index contributed by atoms with van der Waals surface area (Å²) < 4.78 is 36.0. The number of hydrogen-bond acceptors (Lipinski definition) is 12. The molecule has 1 atom stereocenters. The van der Waals surface area contributed by atoms with Crippen molar-refractivity contribution < 1.29 is 28.0 Å². The van der Waals surface area contributed by atoms with Gasteiger partial charge in [-0.2, -0.15) is 0 Å². The van der Waals surface area contributed by atoms with E-state index in [0.29, 0.717) is 28.5 Å². The first-order chi connectivity index (χ1) is 28.7. The van der Waals surface area contributed by atoms with Gasteiger partial charge in [0.25, 0.3) is 21.6 Å². The third-order valence-electron chi connectivity index (χ3n) is 11.4. The highest BCUT2D eigenvalue weighted by atomic mass is 35.5. The Morgan fingerprint density at radius 1 is 1.10 bits per heavy atom. The van der Waals surface area contributed by atoms with Crippen LogP contribution in [0.3, 0.4) is 0 Å². The van der Waals surface area contributed by atoms with Crippen molar-refractivity contribution in [2.24, 2.45) is 5.41 Å². The van der Waals surface area contributed by atoms with Crippen LogP contribution < -0.4 is 19.7 Å². The maximum absolute atomic E-state index is 13.9. The molecule has 1 aliphatic carbocycles. The average molecular weight is 872 g/mol. The zero-order valence-electron chi connectivity index (χ0n) is 33.2. The number of piperazine rings is 1. The Balaban J connectivity index is 1.03. The number of thioether (sulfide) groups is 1. The number of benzene rings is 3. The molecule has 17 heteroatoms. The average Bonchev–Trinajstić information content (AvgIpc) is 3.70. The van der Waals surface area contributed by atoms with Crippen LogP contribution in [0.1, 0.15) is 55.5 Å². The summed E-state index contributed by atoms with van der Waals surface area (Å²) >= 11 is 7.48. The van der Waals surface area contributed by atoms with E-state index in [2.05, 4.69) is 55.8 Å². The van der Waals surface area contributed by atoms with Crippen LogP contribution in [0.5, 0.6) is 11.5 Å². The smallest absolute Gasteiger partial charge is 0.294 e. The molecule has 14 nitrogen and oxygen atoms in total. The van der Waals surface area contributed by atoms with E-state index in [9.17, 15) is 28.4 Å². The Morgan fingerprint density at radius 3 is 2.63 bits per heavy atom. The zero-order valence-corrected chi connectivity index (χ0v) is 35.6. The number of pyridine rings is 1. The molecular weight excluding hydrogens is 826 g/mol. The Bertz CT molecular complexity index is 2590. The van der Waals surface area contributed by atoms with E-state index < -0.39 is 31.4 Å². The molecule has 2 aromatic heterocycles. The number of anilines is 2. The lowest BCUT2D eigenvalue weighted by Crippen LogP contribution is -2.47. The van der Waals surface area contributed by atoms with Crippen LogP contribution in [-0.4, -0.2) is 90.3 Å². The first kappa shape index (κ1) is 41.6. The Hall–Kier alpha value is -5.13. The minimum atomic E-state index is -4.59. The molecule has 0 unspecified atom stereocenters. The molecule has 8 rings (SSSR count). The van der Waals surface area contributed by atoms with Crippen molar-refractivity contribution in [2.45, 2.75) is 55.4 Å². The first-order valence-electron chi connectivity index (χ1n) is 19.8. The zero-order chi connectivity index (χ0) is 42.2. The normalized spacial score (nSPS) is 18.2. The molecular formula is C43H46ClN7O7S2. The number of nitro benzene ring substituents is 1. The number of aliphatic hydroxyl groups is 1. The molecule has 0 saturated carbocycles. The molecule has 314 valence electrons. The van der Waals surface area contributed by atoms with Gasteiger partial charge in [0.15, 0.2) is 0 Å². The summed E-state index contributed by atoms with van der Waals surface area (Å²) in [5.74, 6) is -0.0381. The number of hydrogen-bond donors (Lipinski definition) is 4. The second-order valence-electron chi connectivity index (χ2n) is 16.2. The summed E-state index contributed by atoms with van der Waals surface area (Å²) in [4.78, 5) is 37.5. The minimum Gasteiger partial charge on any atom is -0.455 e. The third-order valence-corrected chi connectivity index (χ3v) is 14.2. The standard InChI is InChI=1S/C43H46ClN7O7S2/c1-43(2)12-9-29(36(23-43)27-3-5-30(44)6-4-27)25-49-14-16-50(17-15-49)32-7-8-35(38(20-32)58-33-19-28-10-13-45-41(28)46-24-33)42(53)48-60(56,57)34-21-37(51(54)55)40-39(22-34)59-26-31(47-40)11-18-52/h3-8,10,13,19-22,24,31,47,52H,9,11-12,14-18,23,25-26H2,1-2H3,(H,45,46)(H,48,53)/t31-/m1/s1. The Labute approximate surface area is 357 Å². The number of sulfonamides is 1. The molecule has 5 aromatic rings. The van der Waals surface area contributed by atoms with Crippen LogP contribution in [0.2, 0.25) is 5.02 Å². The number of halogens is 1. The lowest BCUT2D eigenvalue weighted by Gasteiger charge is -2.39. The van der Waals surface area contributed by atoms with E-state index in [1.165, 1.54) is 46.8 Å². The van der Waals surface area contributed by atoms with Crippen molar-refractivity contribution in [1.82, 2.24) is 19.6 Å². The van der Waals surface area contributed by atoms with E-state index in [0.717, 1.165) is 74.1 Å². The number of nitrogens with one attached hydrogen (secondary N) is 3. The predicted octanol–water partition coefficient (Wildman–Crippen LogP) is 8.09. The SMILES string of the molecule is CC1(C)CCC(CN2CCN(c3ccc(C(=O)NS(=O)(=O)c4cc5c(c([N+](=O)[O-])c4)N[C@H](CCO)CS5)c(Oc4cnc5[nH]ccc5c4)c3)CC2)=C(c2ccc(Cl)cc2)C1. The molecule has 0 spiro atoms. The van der Waals surface area contributed by atoms with Crippen molar-refractivity contribution in [3.8, 4) is 11.5 Å². The van der Waals surface area contributed by atoms with Gasteiger partial charge in [-0.05, 0) is 84.7 Å². The first-order valence-corrected chi connectivity index (χ1v) is 22.7. The highest BCUT2D eigenvalue weighted by molar-refractivity contribution is 7.99. The monoisotopic (exact) mass is 871 g/mol. The van der Waals surface area contributed by atoms with Gasteiger partial charge < -0.3 is 25.0 Å². The van der Waals surface area contributed by atoms with Crippen molar-refractivity contribution in [1.29, 1.82) is 0 Å². The minimum absolute atomic E-state index is 0.0487. The van der Waals surface area contributed by atoms with Crippen LogP contribution in [0.15, 0.2) is 94.5 Å². The van der Waals surface area contributed by atoms with Crippen molar-refractivity contribution in [3.63, 3.8) is 0 Å². The molecule has 1 amide bonds. The fraction of sp³-hybridized carbons (Fsp3) is 0.349. The lowest BCUT2D eigenvalue weighted by atomic mass is 9.72.